The summed E-state index contributed by atoms with van der Waals surface area (Å²) in [5.41, 5.74) is 0. The van der Waals surface area contributed by atoms with Crippen LogP contribution in [0, 0.1) is 0 Å². The first-order chi connectivity index (χ1) is 36.0. The fraction of sp³-hybridized carbons (Fsp3) is 0.806. The first-order valence-electron chi connectivity index (χ1n) is 31.8. The second-order valence-corrected chi connectivity index (χ2v) is 21.3. The molecule has 0 aromatic carbocycles. The summed E-state index contributed by atoms with van der Waals surface area (Å²) in [5, 5.41) is 0. The van der Waals surface area contributed by atoms with Crippen LogP contribution in [0.15, 0.2) is 60.8 Å². The second-order valence-electron chi connectivity index (χ2n) is 21.3. The summed E-state index contributed by atoms with van der Waals surface area (Å²) in [6.07, 6.45) is 78.1. The molecule has 0 radical (unpaired) electrons. The molecule has 0 bridgehead atoms. The SMILES string of the molecule is CC/C=C\C/C=C\C/C=C\C/C=C\C/C=C\CCCCCCCCCCCCCCCCCC(=O)OCC(COC(=O)CCCCCCCCCCCCC)OC(=O)CCCCCCCCCCCCCCC. The largest absolute Gasteiger partial charge is 0.462 e. The van der Waals surface area contributed by atoms with Gasteiger partial charge in [-0.3, -0.25) is 14.4 Å². The van der Waals surface area contributed by atoms with E-state index in [1.807, 2.05) is 0 Å². The highest BCUT2D eigenvalue weighted by molar-refractivity contribution is 5.71. The molecule has 0 aliphatic rings. The minimum Gasteiger partial charge on any atom is -0.462 e. The van der Waals surface area contributed by atoms with E-state index < -0.39 is 6.10 Å². The molecule has 0 aromatic heterocycles. The van der Waals surface area contributed by atoms with Crippen LogP contribution in [0.25, 0.3) is 0 Å². The third-order valence-electron chi connectivity index (χ3n) is 14.0. The Morgan fingerprint density at radius 1 is 0.288 bits per heavy atom. The van der Waals surface area contributed by atoms with E-state index in [9.17, 15) is 14.4 Å². The number of ether oxygens (including phenoxy) is 3. The smallest absolute Gasteiger partial charge is 0.306 e. The number of allylic oxidation sites excluding steroid dienone is 10. The van der Waals surface area contributed by atoms with Crippen molar-refractivity contribution in [1.82, 2.24) is 0 Å². The standard InChI is InChI=1S/C67H120O6/c1-4-7-10-13-16-19-22-24-25-26-27-28-29-30-31-32-33-34-35-36-37-38-39-40-41-43-45-48-51-54-57-60-66(69)72-63-64(62-71-65(68)59-56-53-50-47-44-21-18-15-12-9-6-3)73-67(70)61-58-55-52-49-46-42-23-20-17-14-11-8-5-2/h7,10,16,19,24-25,27-28,30-31,64H,4-6,8-9,11-15,17-18,20-23,26,29,32-63H2,1-3H3/b10-7-,19-16-,25-24-,28-27-,31-30-. The van der Waals surface area contributed by atoms with E-state index in [4.69, 9.17) is 14.2 Å². The zero-order chi connectivity index (χ0) is 52.9. The fourth-order valence-corrected chi connectivity index (χ4v) is 9.30. The zero-order valence-corrected chi connectivity index (χ0v) is 48.7. The van der Waals surface area contributed by atoms with Gasteiger partial charge in [-0.1, -0.05) is 306 Å². The number of rotatable bonds is 58. The summed E-state index contributed by atoms with van der Waals surface area (Å²) in [6.45, 7) is 6.56. The van der Waals surface area contributed by atoms with Crippen LogP contribution in [0.1, 0.15) is 329 Å². The molecule has 424 valence electrons. The van der Waals surface area contributed by atoms with Crippen molar-refractivity contribution >= 4 is 17.9 Å². The highest BCUT2D eigenvalue weighted by Gasteiger charge is 2.19. The average Bonchev–Trinajstić information content (AvgIpc) is 3.39. The van der Waals surface area contributed by atoms with Crippen molar-refractivity contribution in [1.29, 1.82) is 0 Å². The maximum atomic E-state index is 12.8. The first-order valence-corrected chi connectivity index (χ1v) is 31.8. The predicted molar refractivity (Wildman–Crippen MR) is 316 cm³/mol. The Bertz CT molecular complexity index is 1310. The lowest BCUT2D eigenvalue weighted by molar-refractivity contribution is -0.167. The van der Waals surface area contributed by atoms with E-state index in [2.05, 4.69) is 81.5 Å². The van der Waals surface area contributed by atoms with E-state index >= 15 is 0 Å². The minimum absolute atomic E-state index is 0.0675. The molecule has 0 amide bonds. The highest BCUT2D eigenvalue weighted by atomic mass is 16.6. The van der Waals surface area contributed by atoms with Crippen LogP contribution >= 0.6 is 0 Å². The van der Waals surface area contributed by atoms with Gasteiger partial charge in [0.25, 0.3) is 0 Å². The molecule has 0 heterocycles. The summed E-state index contributed by atoms with van der Waals surface area (Å²) in [6, 6.07) is 0. The average molecular weight is 1020 g/mol. The van der Waals surface area contributed by atoms with Gasteiger partial charge in [0.2, 0.25) is 0 Å². The molecule has 0 aliphatic carbocycles. The summed E-state index contributed by atoms with van der Waals surface area (Å²) in [4.78, 5) is 38.1. The van der Waals surface area contributed by atoms with Gasteiger partial charge in [0.15, 0.2) is 6.10 Å². The Balaban J connectivity index is 4.10. The van der Waals surface area contributed by atoms with E-state index in [0.717, 1.165) is 89.9 Å². The third kappa shape index (κ3) is 59.9. The Hall–Kier alpha value is -2.89. The lowest BCUT2D eigenvalue weighted by Gasteiger charge is -2.18. The van der Waals surface area contributed by atoms with Gasteiger partial charge in [-0.25, -0.2) is 0 Å². The van der Waals surface area contributed by atoms with E-state index in [1.165, 1.54) is 199 Å². The van der Waals surface area contributed by atoms with Gasteiger partial charge in [0, 0.05) is 19.3 Å². The van der Waals surface area contributed by atoms with Crippen molar-refractivity contribution in [2.45, 2.75) is 335 Å². The van der Waals surface area contributed by atoms with Crippen molar-refractivity contribution in [3.63, 3.8) is 0 Å². The molecule has 6 nitrogen and oxygen atoms in total. The summed E-state index contributed by atoms with van der Waals surface area (Å²) in [7, 11) is 0. The molecule has 73 heavy (non-hydrogen) atoms. The van der Waals surface area contributed by atoms with Crippen molar-refractivity contribution in [3.05, 3.63) is 60.8 Å². The number of hydrogen-bond donors (Lipinski definition) is 0. The van der Waals surface area contributed by atoms with Crippen molar-refractivity contribution in [3.8, 4) is 0 Å². The molecular formula is C67H120O6. The van der Waals surface area contributed by atoms with Crippen LogP contribution in [-0.4, -0.2) is 37.2 Å². The van der Waals surface area contributed by atoms with Crippen molar-refractivity contribution < 1.29 is 28.6 Å². The molecule has 0 aliphatic heterocycles. The number of unbranched alkanes of at least 4 members (excludes halogenated alkanes) is 37. The normalized spacial score (nSPS) is 12.4. The van der Waals surface area contributed by atoms with Crippen LogP contribution in [-0.2, 0) is 28.6 Å². The minimum atomic E-state index is -0.768. The summed E-state index contributed by atoms with van der Waals surface area (Å²) < 4.78 is 16.9. The first kappa shape index (κ1) is 70.1. The molecule has 1 unspecified atom stereocenters. The molecular weight excluding hydrogens is 901 g/mol. The molecule has 0 aromatic rings. The number of carbonyl (C=O) groups excluding carboxylic acids is 3. The fourth-order valence-electron chi connectivity index (χ4n) is 9.30. The summed E-state index contributed by atoms with van der Waals surface area (Å²) in [5.74, 6) is -0.850. The maximum absolute atomic E-state index is 12.8. The van der Waals surface area contributed by atoms with Crippen LogP contribution in [0.2, 0.25) is 0 Å². The quantitative estimate of drug-likeness (QED) is 0.0261. The van der Waals surface area contributed by atoms with Gasteiger partial charge < -0.3 is 14.2 Å². The Kier molecular flexibility index (Phi) is 59.2. The Morgan fingerprint density at radius 3 is 0.836 bits per heavy atom. The lowest BCUT2D eigenvalue weighted by Crippen LogP contribution is -2.30. The topological polar surface area (TPSA) is 78.9 Å². The number of carbonyl (C=O) groups is 3. The zero-order valence-electron chi connectivity index (χ0n) is 48.7. The molecule has 0 spiro atoms. The molecule has 0 rings (SSSR count). The van der Waals surface area contributed by atoms with Crippen molar-refractivity contribution in [2.75, 3.05) is 13.2 Å². The number of esters is 3. The molecule has 0 saturated heterocycles. The van der Waals surface area contributed by atoms with Crippen LogP contribution in [0.3, 0.4) is 0 Å². The maximum Gasteiger partial charge on any atom is 0.306 e. The van der Waals surface area contributed by atoms with Crippen LogP contribution < -0.4 is 0 Å². The molecule has 6 heteroatoms. The van der Waals surface area contributed by atoms with E-state index in [-0.39, 0.29) is 31.1 Å². The van der Waals surface area contributed by atoms with Crippen LogP contribution in [0.4, 0.5) is 0 Å². The Labute approximate surface area is 453 Å². The van der Waals surface area contributed by atoms with Gasteiger partial charge >= 0.3 is 17.9 Å². The van der Waals surface area contributed by atoms with Crippen molar-refractivity contribution in [2.24, 2.45) is 0 Å². The molecule has 1 atom stereocenters. The Morgan fingerprint density at radius 2 is 0.534 bits per heavy atom. The van der Waals surface area contributed by atoms with E-state index in [0.29, 0.717) is 19.3 Å². The lowest BCUT2D eigenvalue weighted by atomic mass is 10.0. The predicted octanol–water partition coefficient (Wildman–Crippen LogP) is 21.6. The molecule has 0 saturated carbocycles. The highest BCUT2D eigenvalue weighted by Crippen LogP contribution is 2.17. The second kappa shape index (κ2) is 61.7. The van der Waals surface area contributed by atoms with Crippen LogP contribution in [0.5, 0.6) is 0 Å². The molecule has 0 fully saturated rings. The molecule has 0 N–H and O–H groups in total. The van der Waals surface area contributed by atoms with Gasteiger partial charge in [0.1, 0.15) is 13.2 Å². The van der Waals surface area contributed by atoms with Gasteiger partial charge in [-0.2, -0.15) is 0 Å². The van der Waals surface area contributed by atoms with E-state index in [1.54, 1.807) is 0 Å². The van der Waals surface area contributed by atoms with Gasteiger partial charge in [-0.05, 0) is 64.2 Å². The van der Waals surface area contributed by atoms with Gasteiger partial charge in [0.05, 0.1) is 0 Å². The van der Waals surface area contributed by atoms with Gasteiger partial charge in [-0.15, -0.1) is 0 Å². The monoisotopic (exact) mass is 1020 g/mol. The third-order valence-corrected chi connectivity index (χ3v) is 14.0. The summed E-state index contributed by atoms with van der Waals surface area (Å²) >= 11 is 0. The number of hydrogen-bond acceptors (Lipinski definition) is 6.